The van der Waals surface area contributed by atoms with Crippen molar-refractivity contribution in [2.24, 2.45) is 0 Å². The molecule has 0 bridgehead atoms. The quantitative estimate of drug-likeness (QED) is 0.0261. The van der Waals surface area contributed by atoms with Crippen LogP contribution in [0.1, 0.15) is 445 Å². The first kappa shape index (κ1) is 81.2. The third-order valence-corrected chi connectivity index (χ3v) is 17.8. The van der Waals surface area contributed by atoms with Crippen molar-refractivity contribution in [2.75, 3.05) is 13.2 Å². The number of carbonyl (C=O) groups is 3. The van der Waals surface area contributed by atoms with Crippen molar-refractivity contribution in [3.05, 3.63) is 12.2 Å². The van der Waals surface area contributed by atoms with E-state index in [0.717, 1.165) is 64.2 Å². The van der Waals surface area contributed by atoms with Crippen LogP contribution in [-0.4, -0.2) is 37.2 Å². The van der Waals surface area contributed by atoms with Crippen molar-refractivity contribution in [3.63, 3.8) is 0 Å². The summed E-state index contributed by atoms with van der Waals surface area (Å²) in [6.07, 6.45) is 88.5. The normalized spacial score (nSPS) is 12.0. The fourth-order valence-electron chi connectivity index (χ4n) is 12.0. The van der Waals surface area contributed by atoms with Crippen LogP contribution in [0.2, 0.25) is 0 Å². The number of rotatable bonds is 72. The van der Waals surface area contributed by atoms with Crippen LogP contribution in [0.3, 0.4) is 0 Å². The van der Waals surface area contributed by atoms with Crippen molar-refractivity contribution in [1.82, 2.24) is 0 Å². The van der Waals surface area contributed by atoms with Gasteiger partial charge in [0.15, 0.2) is 6.10 Å². The fraction of sp³-hybridized carbons (Fsp3) is 0.935. The Morgan fingerprint density at radius 1 is 0.229 bits per heavy atom. The molecule has 0 saturated heterocycles. The average Bonchev–Trinajstić information content (AvgIpc) is 3.49. The number of unbranched alkanes of at least 4 members (excludes halogenated alkanes) is 59. The maximum atomic E-state index is 13.0. The van der Waals surface area contributed by atoms with Crippen LogP contribution in [-0.2, 0) is 28.6 Å². The van der Waals surface area contributed by atoms with E-state index >= 15 is 0 Å². The predicted molar refractivity (Wildman–Crippen MR) is 363 cm³/mol. The molecular formula is C77H148O6. The van der Waals surface area contributed by atoms with Crippen LogP contribution in [0.5, 0.6) is 0 Å². The molecule has 0 amide bonds. The van der Waals surface area contributed by atoms with Gasteiger partial charge in [0, 0.05) is 19.3 Å². The van der Waals surface area contributed by atoms with Gasteiger partial charge in [-0.1, -0.05) is 392 Å². The molecule has 0 aliphatic carbocycles. The molecule has 6 heteroatoms. The van der Waals surface area contributed by atoms with Gasteiger partial charge in [-0.2, -0.15) is 0 Å². The molecule has 0 N–H and O–H groups in total. The molecule has 0 aliphatic rings. The van der Waals surface area contributed by atoms with Crippen LogP contribution < -0.4 is 0 Å². The molecule has 0 radical (unpaired) electrons. The lowest BCUT2D eigenvalue weighted by Gasteiger charge is -2.18. The van der Waals surface area contributed by atoms with Crippen molar-refractivity contribution in [2.45, 2.75) is 451 Å². The molecule has 0 saturated carbocycles. The molecule has 6 nitrogen and oxygen atoms in total. The minimum Gasteiger partial charge on any atom is -0.462 e. The maximum Gasteiger partial charge on any atom is 0.306 e. The molecule has 0 heterocycles. The van der Waals surface area contributed by atoms with Crippen LogP contribution in [0, 0.1) is 0 Å². The summed E-state index contributed by atoms with van der Waals surface area (Å²) < 4.78 is 17.0. The van der Waals surface area contributed by atoms with E-state index in [1.54, 1.807) is 0 Å². The van der Waals surface area contributed by atoms with E-state index in [-0.39, 0.29) is 31.1 Å². The Bertz CT molecular complexity index is 1300. The van der Waals surface area contributed by atoms with E-state index in [9.17, 15) is 14.4 Å². The van der Waals surface area contributed by atoms with Crippen molar-refractivity contribution >= 4 is 17.9 Å². The number of esters is 3. The zero-order valence-corrected chi connectivity index (χ0v) is 56.8. The molecule has 83 heavy (non-hydrogen) atoms. The summed E-state index contributed by atoms with van der Waals surface area (Å²) in [6.45, 7) is 6.71. The minimum atomic E-state index is -0.770. The van der Waals surface area contributed by atoms with E-state index in [1.807, 2.05) is 0 Å². The molecule has 0 aromatic heterocycles. The monoisotopic (exact) mass is 1170 g/mol. The number of allylic oxidation sites excluding steroid dienone is 2. The van der Waals surface area contributed by atoms with Gasteiger partial charge in [0.1, 0.15) is 13.2 Å². The van der Waals surface area contributed by atoms with Crippen LogP contribution >= 0.6 is 0 Å². The lowest BCUT2D eigenvalue weighted by molar-refractivity contribution is -0.167. The first-order valence-corrected chi connectivity index (χ1v) is 38.2. The highest BCUT2D eigenvalue weighted by Gasteiger charge is 2.20. The fourth-order valence-corrected chi connectivity index (χ4v) is 12.0. The molecule has 492 valence electrons. The Kier molecular flexibility index (Phi) is 71.0. The number of carbonyl (C=O) groups excluding carboxylic acids is 3. The number of ether oxygens (including phenoxy) is 3. The van der Waals surface area contributed by atoms with Gasteiger partial charge in [-0.15, -0.1) is 0 Å². The van der Waals surface area contributed by atoms with Gasteiger partial charge in [0.05, 0.1) is 0 Å². The summed E-state index contributed by atoms with van der Waals surface area (Å²) in [5, 5.41) is 0. The van der Waals surface area contributed by atoms with Crippen LogP contribution in [0.15, 0.2) is 12.2 Å². The standard InChI is InChI=1S/C77H148O6/c1-4-7-10-13-16-19-22-25-27-29-31-33-35-37-38-39-40-41-43-44-46-48-50-52-55-58-61-64-67-70-76(79)82-73-74(72-81-75(78)69-66-63-60-57-54-24-21-18-15-12-9-6-3)83-77(80)71-68-65-62-59-56-53-51-49-47-45-42-36-34-32-30-28-26-23-20-17-14-11-8-5-2/h18,21,74H,4-17,19-20,22-73H2,1-3H3/b21-18-. The number of hydrogen-bond donors (Lipinski definition) is 0. The summed E-state index contributed by atoms with van der Waals surface area (Å²) >= 11 is 0. The van der Waals surface area contributed by atoms with Crippen molar-refractivity contribution < 1.29 is 28.6 Å². The third-order valence-electron chi connectivity index (χ3n) is 17.8. The second-order valence-electron chi connectivity index (χ2n) is 26.3. The summed E-state index contributed by atoms with van der Waals surface area (Å²) in [5.41, 5.74) is 0. The minimum absolute atomic E-state index is 0.0656. The molecule has 0 aromatic rings. The highest BCUT2D eigenvalue weighted by atomic mass is 16.6. The largest absolute Gasteiger partial charge is 0.462 e. The van der Waals surface area contributed by atoms with Gasteiger partial charge < -0.3 is 14.2 Å². The summed E-state index contributed by atoms with van der Waals surface area (Å²) in [5.74, 6) is -0.838. The zero-order chi connectivity index (χ0) is 59.9. The summed E-state index contributed by atoms with van der Waals surface area (Å²) in [7, 11) is 0. The Balaban J connectivity index is 4.12. The van der Waals surface area contributed by atoms with Gasteiger partial charge in [-0.3, -0.25) is 14.4 Å². The highest BCUT2D eigenvalue weighted by molar-refractivity contribution is 5.71. The Morgan fingerprint density at radius 3 is 0.627 bits per heavy atom. The Labute approximate surface area is 520 Å². The van der Waals surface area contributed by atoms with Gasteiger partial charge in [0.25, 0.3) is 0 Å². The van der Waals surface area contributed by atoms with Gasteiger partial charge in [0.2, 0.25) is 0 Å². The van der Waals surface area contributed by atoms with E-state index in [1.165, 1.54) is 340 Å². The topological polar surface area (TPSA) is 78.9 Å². The van der Waals surface area contributed by atoms with E-state index in [4.69, 9.17) is 14.2 Å². The van der Waals surface area contributed by atoms with Crippen LogP contribution in [0.4, 0.5) is 0 Å². The molecule has 1 unspecified atom stereocenters. The lowest BCUT2D eigenvalue weighted by Crippen LogP contribution is -2.30. The third kappa shape index (κ3) is 70.8. The average molecular weight is 1170 g/mol. The first-order valence-electron chi connectivity index (χ1n) is 38.2. The van der Waals surface area contributed by atoms with Gasteiger partial charge in [-0.25, -0.2) is 0 Å². The second kappa shape index (κ2) is 72.6. The molecule has 0 aliphatic heterocycles. The molecular weight excluding hydrogens is 1020 g/mol. The number of hydrogen-bond acceptors (Lipinski definition) is 6. The smallest absolute Gasteiger partial charge is 0.306 e. The lowest BCUT2D eigenvalue weighted by atomic mass is 10.0. The Hall–Kier alpha value is -1.85. The summed E-state index contributed by atoms with van der Waals surface area (Å²) in [4.78, 5) is 38.5. The van der Waals surface area contributed by atoms with Crippen molar-refractivity contribution in [3.8, 4) is 0 Å². The molecule has 0 spiro atoms. The van der Waals surface area contributed by atoms with E-state index < -0.39 is 6.10 Å². The van der Waals surface area contributed by atoms with Crippen LogP contribution in [0.25, 0.3) is 0 Å². The molecule has 0 rings (SSSR count). The maximum absolute atomic E-state index is 13.0. The van der Waals surface area contributed by atoms with Gasteiger partial charge >= 0.3 is 17.9 Å². The summed E-state index contributed by atoms with van der Waals surface area (Å²) in [6, 6.07) is 0. The predicted octanol–water partition coefficient (Wildman–Crippen LogP) is 26.3. The molecule has 0 fully saturated rings. The highest BCUT2D eigenvalue weighted by Crippen LogP contribution is 2.20. The molecule has 0 aromatic carbocycles. The van der Waals surface area contributed by atoms with Gasteiger partial charge in [-0.05, 0) is 44.9 Å². The first-order chi connectivity index (χ1) is 41.0. The SMILES string of the molecule is CCCCC/C=C\CCCCCCCC(=O)OCC(COC(=O)CCCCCCCCCCCCCCCCCCCCCCCCCCCCCCC)OC(=O)CCCCCCCCCCCCCCCCCCCCCCCCCC. The zero-order valence-electron chi connectivity index (χ0n) is 56.8. The second-order valence-corrected chi connectivity index (χ2v) is 26.3. The van der Waals surface area contributed by atoms with Crippen molar-refractivity contribution in [1.29, 1.82) is 0 Å². The molecule has 1 atom stereocenters. The van der Waals surface area contributed by atoms with E-state index in [0.29, 0.717) is 19.3 Å². The Morgan fingerprint density at radius 2 is 0.398 bits per heavy atom. The van der Waals surface area contributed by atoms with E-state index in [2.05, 4.69) is 32.9 Å².